The fraction of sp³-hybridized carbons (Fsp3) is 0.273. The van der Waals surface area contributed by atoms with Gasteiger partial charge < -0.3 is 16.8 Å². The van der Waals surface area contributed by atoms with Crippen LogP contribution in [0.2, 0.25) is 0 Å². The predicted molar refractivity (Wildman–Crippen MR) is 61.6 cm³/mol. The standard InChI is InChI=1S/C11H14FN3O2/c12-9-6-7(13)3-4-8(9)11(17)15-5-1-2-10(14)16/h3-4,6H,1-2,5,13H2,(H2,14,16)(H,15,17). The van der Waals surface area contributed by atoms with Gasteiger partial charge in [-0.25, -0.2) is 4.39 Å². The molecule has 0 aromatic heterocycles. The lowest BCUT2D eigenvalue weighted by Crippen LogP contribution is -2.26. The Morgan fingerprint density at radius 1 is 1.35 bits per heavy atom. The molecule has 0 unspecified atom stereocenters. The van der Waals surface area contributed by atoms with Gasteiger partial charge in [-0.2, -0.15) is 0 Å². The van der Waals surface area contributed by atoms with Crippen LogP contribution in [0.5, 0.6) is 0 Å². The molecule has 6 heteroatoms. The number of primary amides is 1. The maximum absolute atomic E-state index is 13.3. The molecule has 0 aliphatic carbocycles. The van der Waals surface area contributed by atoms with Crippen molar-refractivity contribution in [1.82, 2.24) is 5.32 Å². The van der Waals surface area contributed by atoms with Crippen molar-refractivity contribution in [2.75, 3.05) is 12.3 Å². The molecule has 0 aliphatic heterocycles. The molecule has 0 spiro atoms. The highest BCUT2D eigenvalue weighted by Gasteiger charge is 2.10. The van der Waals surface area contributed by atoms with Crippen LogP contribution in [-0.4, -0.2) is 18.4 Å². The van der Waals surface area contributed by atoms with E-state index in [0.29, 0.717) is 6.42 Å². The normalized spacial score (nSPS) is 9.94. The summed E-state index contributed by atoms with van der Waals surface area (Å²) in [7, 11) is 0. The van der Waals surface area contributed by atoms with Crippen molar-refractivity contribution in [3.05, 3.63) is 29.6 Å². The second-order valence-corrected chi connectivity index (χ2v) is 3.57. The third kappa shape index (κ3) is 4.10. The van der Waals surface area contributed by atoms with E-state index in [0.717, 1.165) is 6.07 Å². The number of nitrogen functional groups attached to an aromatic ring is 1. The Kier molecular flexibility index (Phi) is 4.45. The second kappa shape index (κ2) is 5.83. The summed E-state index contributed by atoms with van der Waals surface area (Å²) >= 11 is 0. The molecule has 1 rings (SSSR count). The van der Waals surface area contributed by atoms with Gasteiger partial charge in [0.05, 0.1) is 5.56 Å². The van der Waals surface area contributed by atoms with Crippen molar-refractivity contribution in [1.29, 1.82) is 0 Å². The van der Waals surface area contributed by atoms with Crippen LogP contribution in [0.3, 0.4) is 0 Å². The van der Waals surface area contributed by atoms with Crippen LogP contribution in [0.4, 0.5) is 10.1 Å². The summed E-state index contributed by atoms with van der Waals surface area (Å²) in [5, 5.41) is 2.49. The van der Waals surface area contributed by atoms with Crippen molar-refractivity contribution in [3.63, 3.8) is 0 Å². The van der Waals surface area contributed by atoms with E-state index < -0.39 is 17.6 Å². The van der Waals surface area contributed by atoms with Crippen LogP contribution in [0.15, 0.2) is 18.2 Å². The molecular formula is C11H14FN3O2. The quantitative estimate of drug-likeness (QED) is 0.512. The predicted octanol–water partition coefficient (Wildman–Crippen LogP) is 0.403. The molecule has 92 valence electrons. The molecule has 5 nitrogen and oxygen atoms in total. The van der Waals surface area contributed by atoms with Crippen molar-refractivity contribution in [2.45, 2.75) is 12.8 Å². The van der Waals surface area contributed by atoms with Gasteiger partial charge in [-0.15, -0.1) is 0 Å². The van der Waals surface area contributed by atoms with E-state index in [2.05, 4.69) is 5.32 Å². The van der Waals surface area contributed by atoms with E-state index >= 15 is 0 Å². The minimum absolute atomic E-state index is 0.0710. The van der Waals surface area contributed by atoms with Gasteiger partial charge in [-0.05, 0) is 24.6 Å². The first kappa shape index (κ1) is 13.0. The van der Waals surface area contributed by atoms with E-state index in [1.54, 1.807) is 0 Å². The second-order valence-electron chi connectivity index (χ2n) is 3.57. The van der Waals surface area contributed by atoms with Crippen LogP contribution in [-0.2, 0) is 4.79 Å². The number of anilines is 1. The van der Waals surface area contributed by atoms with E-state index in [9.17, 15) is 14.0 Å². The zero-order valence-electron chi connectivity index (χ0n) is 9.20. The van der Waals surface area contributed by atoms with Gasteiger partial charge in [0.1, 0.15) is 5.82 Å². The minimum atomic E-state index is -0.669. The van der Waals surface area contributed by atoms with Gasteiger partial charge in [0.2, 0.25) is 5.91 Å². The molecule has 1 aromatic carbocycles. The van der Waals surface area contributed by atoms with Gasteiger partial charge in [-0.3, -0.25) is 9.59 Å². The van der Waals surface area contributed by atoms with Gasteiger partial charge in [0.15, 0.2) is 0 Å². The van der Waals surface area contributed by atoms with Crippen molar-refractivity contribution >= 4 is 17.5 Å². The van der Waals surface area contributed by atoms with E-state index in [4.69, 9.17) is 11.5 Å². The third-order valence-corrected chi connectivity index (χ3v) is 2.12. The third-order valence-electron chi connectivity index (χ3n) is 2.12. The van der Waals surface area contributed by atoms with Crippen LogP contribution >= 0.6 is 0 Å². The topological polar surface area (TPSA) is 98.2 Å². The Labute approximate surface area is 98.0 Å². The van der Waals surface area contributed by atoms with E-state index in [1.807, 2.05) is 0 Å². The van der Waals surface area contributed by atoms with Crippen molar-refractivity contribution < 1.29 is 14.0 Å². The number of benzene rings is 1. The Bertz CT molecular complexity index is 435. The lowest BCUT2D eigenvalue weighted by atomic mass is 10.2. The van der Waals surface area contributed by atoms with E-state index in [1.165, 1.54) is 12.1 Å². The van der Waals surface area contributed by atoms with Crippen molar-refractivity contribution in [2.24, 2.45) is 5.73 Å². The number of amides is 2. The summed E-state index contributed by atoms with van der Waals surface area (Å²) in [5.41, 5.74) is 10.5. The van der Waals surface area contributed by atoms with Gasteiger partial charge in [0, 0.05) is 18.7 Å². The Balaban J connectivity index is 2.50. The molecule has 5 N–H and O–H groups in total. The SMILES string of the molecule is NC(=O)CCCNC(=O)c1ccc(N)cc1F. The number of carbonyl (C=O) groups is 2. The van der Waals surface area contributed by atoms with E-state index in [-0.39, 0.29) is 24.2 Å². The van der Waals surface area contributed by atoms with Crippen LogP contribution < -0.4 is 16.8 Å². The molecule has 0 radical (unpaired) electrons. The zero-order valence-corrected chi connectivity index (χ0v) is 9.20. The fourth-order valence-electron chi connectivity index (χ4n) is 1.28. The van der Waals surface area contributed by atoms with Gasteiger partial charge in [-0.1, -0.05) is 0 Å². The first-order valence-corrected chi connectivity index (χ1v) is 5.12. The molecule has 2 amide bonds. The van der Waals surface area contributed by atoms with Gasteiger partial charge >= 0.3 is 0 Å². The number of hydrogen-bond acceptors (Lipinski definition) is 3. The average Bonchev–Trinajstić information content (AvgIpc) is 2.23. The largest absolute Gasteiger partial charge is 0.399 e. The highest BCUT2D eigenvalue weighted by atomic mass is 19.1. The first-order chi connectivity index (χ1) is 8.00. The fourth-order valence-corrected chi connectivity index (χ4v) is 1.28. The monoisotopic (exact) mass is 239 g/mol. The van der Waals surface area contributed by atoms with Crippen LogP contribution in [0, 0.1) is 5.82 Å². The maximum Gasteiger partial charge on any atom is 0.254 e. The smallest absolute Gasteiger partial charge is 0.254 e. The minimum Gasteiger partial charge on any atom is -0.399 e. The summed E-state index contributed by atoms with van der Waals surface area (Å²) in [6.45, 7) is 0.269. The van der Waals surface area contributed by atoms with Crippen LogP contribution in [0.1, 0.15) is 23.2 Å². The highest BCUT2D eigenvalue weighted by molar-refractivity contribution is 5.94. The molecule has 0 bridgehead atoms. The molecular weight excluding hydrogens is 225 g/mol. The Morgan fingerprint density at radius 3 is 2.65 bits per heavy atom. The molecule has 17 heavy (non-hydrogen) atoms. The van der Waals surface area contributed by atoms with Crippen LogP contribution in [0.25, 0.3) is 0 Å². The summed E-state index contributed by atoms with van der Waals surface area (Å²) in [6, 6.07) is 3.84. The highest BCUT2D eigenvalue weighted by Crippen LogP contribution is 2.11. The number of hydrogen-bond donors (Lipinski definition) is 3. The first-order valence-electron chi connectivity index (χ1n) is 5.12. The lowest BCUT2D eigenvalue weighted by molar-refractivity contribution is -0.118. The molecule has 0 fully saturated rings. The Hall–Kier alpha value is -2.11. The molecule has 0 aliphatic rings. The number of halogens is 1. The van der Waals surface area contributed by atoms with Crippen molar-refractivity contribution in [3.8, 4) is 0 Å². The molecule has 0 saturated carbocycles. The summed E-state index contributed by atoms with van der Waals surface area (Å²) in [4.78, 5) is 22.0. The molecule has 1 aromatic rings. The average molecular weight is 239 g/mol. The molecule has 0 atom stereocenters. The molecule has 0 heterocycles. The zero-order chi connectivity index (χ0) is 12.8. The number of carbonyl (C=O) groups excluding carboxylic acids is 2. The summed E-state index contributed by atoms with van der Waals surface area (Å²) in [6.07, 6.45) is 0.613. The number of nitrogens with two attached hydrogens (primary N) is 2. The lowest BCUT2D eigenvalue weighted by Gasteiger charge is -2.05. The maximum atomic E-state index is 13.3. The number of rotatable bonds is 5. The number of nitrogens with one attached hydrogen (secondary N) is 1. The summed E-state index contributed by atoms with van der Waals surface area (Å²) < 4.78 is 13.3. The van der Waals surface area contributed by atoms with Gasteiger partial charge in [0.25, 0.3) is 5.91 Å². The molecule has 0 saturated heterocycles. The summed E-state index contributed by atoms with van der Waals surface area (Å²) in [5.74, 6) is -1.64. The Morgan fingerprint density at radius 2 is 2.06 bits per heavy atom.